The van der Waals surface area contributed by atoms with E-state index < -0.39 is 6.36 Å². The fourth-order valence-electron chi connectivity index (χ4n) is 2.05. The van der Waals surface area contributed by atoms with Crippen molar-refractivity contribution in [2.45, 2.75) is 12.8 Å². The molecule has 0 aromatic heterocycles. The number of halogens is 4. The van der Waals surface area contributed by atoms with Gasteiger partial charge in [0.15, 0.2) is 0 Å². The molecule has 1 aromatic carbocycles. The predicted molar refractivity (Wildman–Crippen MR) is 80.9 cm³/mol. The first-order valence-corrected chi connectivity index (χ1v) is 6.88. The fourth-order valence-corrected chi connectivity index (χ4v) is 2.05. The zero-order valence-corrected chi connectivity index (χ0v) is 13.1. The van der Waals surface area contributed by atoms with Crippen LogP contribution in [0.2, 0.25) is 0 Å². The molecule has 0 bridgehead atoms. The lowest BCUT2D eigenvalue weighted by Gasteiger charge is -2.26. The largest absolute Gasteiger partial charge is 0.573 e. The Labute approximate surface area is 138 Å². The number of amides is 1. The second-order valence-corrected chi connectivity index (χ2v) is 4.82. The lowest BCUT2D eigenvalue weighted by atomic mass is 10.2. The van der Waals surface area contributed by atoms with E-state index in [1.807, 2.05) is 0 Å². The number of anilines is 1. The maximum absolute atomic E-state index is 12.0. The third-order valence-electron chi connectivity index (χ3n) is 3.13. The second kappa shape index (κ2) is 8.95. The zero-order chi connectivity index (χ0) is 16.0. The van der Waals surface area contributed by atoms with Gasteiger partial charge in [0.25, 0.3) is 0 Å². The molecule has 0 spiro atoms. The van der Waals surface area contributed by atoms with Gasteiger partial charge in [0.05, 0.1) is 13.2 Å². The monoisotopic (exact) mass is 354 g/mol. The van der Waals surface area contributed by atoms with Crippen molar-refractivity contribution in [2.24, 2.45) is 0 Å². The van der Waals surface area contributed by atoms with Gasteiger partial charge in [-0.3, -0.25) is 9.69 Å². The van der Waals surface area contributed by atoms with E-state index in [1.54, 1.807) is 0 Å². The van der Waals surface area contributed by atoms with Crippen LogP contribution in [0, 0.1) is 0 Å². The van der Waals surface area contributed by atoms with E-state index in [2.05, 4.69) is 15.0 Å². The average Bonchev–Trinajstić information content (AvgIpc) is 2.47. The van der Waals surface area contributed by atoms with Gasteiger partial charge in [-0.2, -0.15) is 0 Å². The van der Waals surface area contributed by atoms with E-state index in [4.69, 9.17) is 4.74 Å². The molecule has 1 amide bonds. The molecule has 1 fully saturated rings. The van der Waals surface area contributed by atoms with Gasteiger partial charge in [0.1, 0.15) is 5.75 Å². The number of ether oxygens (including phenoxy) is 2. The van der Waals surface area contributed by atoms with Gasteiger partial charge in [-0.1, -0.05) is 0 Å². The van der Waals surface area contributed by atoms with E-state index in [0.717, 1.165) is 25.2 Å². The molecule has 2 rings (SSSR count). The maximum atomic E-state index is 12.0. The van der Waals surface area contributed by atoms with Gasteiger partial charge in [0, 0.05) is 31.7 Å². The SMILES string of the molecule is Cl.O=C(CCN1CCOCC1)Nc1ccc(OC(F)(F)F)cc1. The Kier molecular flexibility index (Phi) is 7.60. The van der Waals surface area contributed by atoms with Crippen molar-refractivity contribution in [3.8, 4) is 5.75 Å². The number of carbonyl (C=O) groups excluding carboxylic acids is 1. The van der Waals surface area contributed by atoms with Crippen molar-refractivity contribution in [3.63, 3.8) is 0 Å². The van der Waals surface area contributed by atoms with Crippen LogP contribution in [0.1, 0.15) is 6.42 Å². The highest BCUT2D eigenvalue weighted by atomic mass is 35.5. The molecule has 1 saturated heterocycles. The lowest BCUT2D eigenvalue weighted by Crippen LogP contribution is -2.38. The van der Waals surface area contributed by atoms with Crippen LogP contribution in [-0.2, 0) is 9.53 Å². The highest BCUT2D eigenvalue weighted by molar-refractivity contribution is 5.90. The van der Waals surface area contributed by atoms with E-state index in [1.165, 1.54) is 12.1 Å². The quantitative estimate of drug-likeness (QED) is 0.883. The Morgan fingerprint density at radius 1 is 1.22 bits per heavy atom. The van der Waals surface area contributed by atoms with Crippen LogP contribution < -0.4 is 10.1 Å². The number of nitrogens with one attached hydrogen (secondary N) is 1. The number of morpholine rings is 1. The Morgan fingerprint density at radius 3 is 2.39 bits per heavy atom. The fraction of sp³-hybridized carbons (Fsp3) is 0.500. The van der Waals surface area contributed by atoms with Gasteiger partial charge in [-0.15, -0.1) is 25.6 Å². The molecule has 1 N–H and O–H groups in total. The van der Waals surface area contributed by atoms with Crippen LogP contribution in [0.5, 0.6) is 5.75 Å². The first kappa shape index (κ1) is 19.5. The van der Waals surface area contributed by atoms with E-state index in [-0.39, 0.29) is 24.1 Å². The summed E-state index contributed by atoms with van der Waals surface area (Å²) >= 11 is 0. The molecule has 0 unspecified atom stereocenters. The average molecular weight is 355 g/mol. The number of hydrogen-bond donors (Lipinski definition) is 1. The third-order valence-corrected chi connectivity index (χ3v) is 3.13. The summed E-state index contributed by atoms with van der Waals surface area (Å²) < 4.78 is 45.0. The van der Waals surface area contributed by atoms with E-state index >= 15 is 0 Å². The Balaban J connectivity index is 0.00000264. The number of alkyl halides is 3. The molecule has 0 saturated carbocycles. The Morgan fingerprint density at radius 2 is 1.83 bits per heavy atom. The maximum Gasteiger partial charge on any atom is 0.573 e. The van der Waals surface area contributed by atoms with Gasteiger partial charge < -0.3 is 14.8 Å². The minimum Gasteiger partial charge on any atom is -0.406 e. The summed E-state index contributed by atoms with van der Waals surface area (Å²) in [5, 5.41) is 2.64. The lowest BCUT2D eigenvalue weighted by molar-refractivity contribution is -0.274. The summed E-state index contributed by atoms with van der Waals surface area (Å²) in [6.45, 7) is 3.57. The number of nitrogens with zero attached hydrogens (tertiary/aromatic N) is 1. The summed E-state index contributed by atoms with van der Waals surface area (Å²) in [5.74, 6) is -0.505. The summed E-state index contributed by atoms with van der Waals surface area (Å²) in [4.78, 5) is 13.9. The first-order valence-electron chi connectivity index (χ1n) is 6.88. The summed E-state index contributed by atoms with van der Waals surface area (Å²) in [6.07, 6.45) is -4.40. The molecule has 1 aromatic rings. The number of benzene rings is 1. The molecule has 0 atom stereocenters. The second-order valence-electron chi connectivity index (χ2n) is 4.82. The number of hydrogen-bond acceptors (Lipinski definition) is 4. The molecule has 23 heavy (non-hydrogen) atoms. The molecule has 9 heteroatoms. The standard InChI is InChI=1S/C14H17F3N2O3.ClH/c15-14(16,17)22-12-3-1-11(2-4-12)18-13(20)5-6-19-7-9-21-10-8-19;/h1-4H,5-10H2,(H,18,20);1H. The summed E-state index contributed by atoms with van der Waals surface area (Å²) in [7, 11) is 0. The van der Waals surface area contributed by atoms with Gasteiger partial charge in [-0.05, 0) is 24.3 Å². The van der Waals surface area contributed by atoms with Gasteiger partial charge in [0.2, 0.25) is 5.91 Å². The molecule has 5 nitrogen and oxygen atoms in total. The van der Waals surface area contributed by atoms with Crippen LogP contribution in [-0.4, -0.2) is 50.0 Å². The summed E-state index contributed by atoms with van der Waals surface area (Å²) in [6, 6.07) is 5.05. The molecule has 1 aliphatic heterocycles. The van der Waals surface area contributed by atoms with Crippen molar-refractivity contribution >= 4 is 24.0 Å². The van der Waals surface area contributed by atoms with Crippen LogP contribution in [0.15, 0.2) is 24.3 Å². The minimum absolute atomic E-state index is 0. The van der Waals surface area contributed by atoms with Crippen LogP contribution >= 0.6 is 12.4 Å². The normalized spacial score (nSPS) is 15.6. The smallest absolute Gasteiger partial charge is 0.406 e. The first-order chi connectivity index (χ1) is 10.4. The van der Waals surface area contributed by atoms with Gasteiger partial charge >= 0.3 is 6.36 Å². The molecule has 130 valence electrons. The van der Waals surface area contributed by atoms with Crippen LogP contribution in [0.4, 0.5) is 18.9 Å². The van der Waals surface area contributed by atoms with Crippen LogP contribution in [0.25, 0.3) is 0 Å². The Hall–Kier alpha value is -1.51. The highest BCUT2D eigenvalue weighted by Gasteiger charge is 2.30. The number of carbonyl (C=O) groups is 1. The number of rotatable bonds is 5. The van der Waals surface area contributed by atoms with E-state index in [0.29, 0.717) is 31.9 Å². The summed E-state index contributed by atoms with van der Waals surface area (Å²) in [5.41, 5.74) is 0.432. The molecule has 0 radical (unpaired) electrons. The van der Waals surface area contributed by atoms with Crippen molar-refractivity contribution in [3.05, 3.63) is 24.3 Å². The molecule has 0 aliphatic carbocycles. The molecular weight excluding hydrogens is 337 g/mol. The van der Waals surface area contributed by atoms with Crippen molar-refractivity contribution in [1.82, 2.24) is 4.90 Å². The van der Waals surface area contributed by atoms with E-state index in [9.17, 15) is 18.0 Å². The minimum atomic E-state index is -4.72. The Bertz CT molecular complexity index is 491. The van der Waals surface area contributed by atoms with Gasteiger partial charge in [-0.25, -0.2) is 0 Å². The molecule has 1 heterocycles. The third kappa shape index (κ3) is 7.54. The zero-order valence-electron chi connectivity index (χ0n) is 12.3. The molecular formula is C14H18ClF3N2O3. The van der Waals surface area contributed by atoms with Crippen molar-refractivity contribution < 1.29 is 27.4 Å². The van der Waals surface area contributed by atoms with Crippen LogP contribution in [0.3, 0.4) is 0 Å². The van der Waals surface area contributed by atoms with Crippen molar-refractivity contribution in [2.75, 3.05) is 38.2 Å². The predicted octanol–water partition coefficient (Wildman–Crippen LogP) is 2.67. The highest BCUT2D eigenvalue weighted by Crippen LogP contribution is 2.23. The molecule has 1 aliphatic rings. The van der Waals surface area contributed by atoms with Crippen molar-refractivity contribution in [1.29, 1.82) is 0 Å². The topological polar surface area (TPSA) is 50.8 Å².